The second-order valence-corrected chi connectivity index (χ2v) is 4.89. The number of ether oxygens (including phenoxy) is 2. The largest absolute Gasteiger partial charge is 0.493 e. The zero-order chi connectivity index (χ0) is 13.8. The van der Waals surface area contributed by atoms with Crippen LogP contribution in [0, 0.1) is 0 Å². The molecule has 0 heterocycles. The Hall–Kier alpha value is -1.74. The number of hydrogen-bond acceptors (Lipinski definition) is 2. The van der Waals surface area contributed by atoms with Gasteiger partial charge in [0.1, 0.15) is 0 Å². The molecule has 0 amide bonds. The molecule has 0 unspecified atom stereocenters. The Morgan fingerprint density at radius 1 is 1.00 bits per heavy atom. The molecule has 0 aromatic heterocycles. The van der Waals surface area contributed by atoms with E-state index in [2.05, 4.69) is 22.5 Å². The molecular formula is C16H15BrO2. The van der Waals surface area contributed by atoms with Gasteiger partial charge in [0.25, 0.3) is 0 Å². The van der Waals surface area contributed by atoms with Crippen LogP contribution in [0.25, 0.3) is 5.57 Å². The predicted molar refractivity (Wildman–Crippen MR) is 81.8 cm³/mol. The van der Waals surface area contributed by atoms with E-state index in [1.54, 1.807) is 14.2 Å². The van der Waals surface area contributed by atoms with E-state index in [0.717, 1.165) is 21.2 Å². The van der Waals surface area contributed by atoms with Crippen LogP contribution in [-0.2, 0) is 0 Å². The molecule has 0 spiro atoms. The van der Waals surface area contributed by atoms with Crippen molar-refractivity contribution >= 4 is 21.5 Å². The van der Waals surface area contributed by atoms with Gasteiger partial charge in [-0.1, -0.05) is 52.8 Å². The van der Waals surface area contributed by atoms with Crippen molar-refractivity contribution in [2.24, 2.45) is 0 Å². The Bertz CT molecular complexity index is 591. The summed E-state index contributed by atoms with van der Waals surface area (Å²) in [5, 5.41) is 0. The highest BCUT2D eigenvalue weighted by molar-refractivity contribution is 9.10. The topological polar surface area (TPSA) is 18.5 Å². The van der Waals surface area contributed by atoms with Crippen molar-refractivity contribution in [1.29, 1.82) is 0 Å². The standard InChI is InChI=1S/C16H15BrO2/c1-11(12-7-5-4-6-8-12)13-9-15(18-2)16(19-3)10-14(13)17/h4-10H,1H2,2-3H3. The molecule has 2 aromatic carbocycles. The zero-order valence-electron chi connectivity index (χ0n) is 10.9. The van der Waals surface area contributed by atoms with Crippen LogP contribution >= 0.6 is 15.9 Å². The van der Waals surface area contributed by atoms with Gasteiger partial charge in [0.2, 0.25) is 0 Å². The third-order valence-electron chi connectivity index (χ3n) is 2.92. The van der Waals surface area contributed by atoms with Gasteiger partial charge in [0.15, 0.2) is 11.5 Å². The minimum absolute atomic E-state index is 0.692. The Morgan fingerprint density at radius 2 is 1.58 bits per heavy atom. The van der Waals surface area contributed by atoms with Crippen molar-refractivity contribution < 1.29 is 9.47 Å². The van der Waals surface area contributed by atoms with E-state index in [1.807, 2.05) is 42.5 Å². The zero-order valence-corrected chi connectivity index (χ0v) is 12.5. The van der Waals surface area contributed by atoms with Crippen LogP contribution in [0.3, 0.4) is 0 Å². The van der Waals surface area contributed by atoms with Gasteiger partial charge in [-0.2, -0.15) is 0 Å². The van der Waals surface area contributed by atoms with Crippen molar-refractivity contribution in [1.82, 2.24) is 0 Å². The lowest BCUT2D eigenvalue weighted by atomic mass is 9.99. The smallest absolute Gasteiger partial charge is 0.161 e. The lowest BCUT2D eigenvalue weighted by Gasteiger charge is -2.13. The molecule has 0 aliphatic carbocycles. The lowest BCUT2D eigenvalue weighted by molar-refractivity contribution is 0.354. The number of methoxy groups -OCH3 is 2. The lowest BCUT2D eigenvalue weighted by Crippen LogP contribution is -1.94. The summed E-state index contributed by atoms with van der Waals surface area (Å²) in [6.45, 7) is 4.16. The first-order chi connectivity index (χ1) is 9.17. The molecule has 2 rings (SSSR count). The first-order valence-electron chi connectivity index (χ1n) is 5.83. The van der Waals surface area contributed by atoms with Crippen LogP contribution in [0.15, 0.2) is 53.5 Å². The third-order valence-corrected chi connectivity index (χ3v) is 3.58. The number of hydrogen-bond donors (Lipinski definition) is 0. The molecule has 2 aromatic rings. The van der Waals surface area contributed by atoms with Gasteiger partial charge in [0.05, 0.1) is 14.2 Å². The summed E-state index contributed by atoms with van der Waals surface area (Å²) >= 11 is 3.55. The Kier molecular flexibility index (Phi) is 4.27. The summed E-state index contributed by atoms with van der Waals surface area (Å²) in [6.07, 6.45) is 0. The fraction of sp³-hybridized carbons (Fsp3) is 0.125. The first kappa shape index (κ1) is 13.7. The van der Waals surface area contributed by atoms with Crippen molar-refractivity contribution in [3.8, 4) is 11.5 Å². The van der Waals surface area contributed by atoms with Gasteiger partial charge >= 0.3 is 0 Å². The van der Waals surface area contributed by atoms with Gasteiger partial charge < -0.3 is 9.47 Å². The van der Waals surface area contributed by atoms with Crippen LogP contribution in [-0.4, -0.2) is 14.2 Å². The van der Waals surface area contributed by atoms with Gasteiger partial charge in [0, 0.05) is 4.47 Å². The van der Waals surface area contributed by atoms with Crippen molar-refractivity contribution in [2.75, 3.05) is 14.2 Å². The molecule has 0 saturated carbocycles. The molecule has 0 radical (unpaired) electrons. The Morgan fingerprint density at radius 3 is 2.16 bits per heavy atom. The van der Waals surface area contributed by atoms with E-state index in [1.165, 1.54) is 0 Å². The Labute approximate surface area is 121 Å². The van der Waals surface area contributed by atoms with Crippen molar-refractivity contribution in [3.05, 3.63) is 64.6 Å². The molecule has 2 nitrogen and oxygen atoms in total. The van der Waals surface area contributed by atoms with Crippen LogP contribution in [0.4, 0.5) is 0 Å². The maximum Gasteiger partial charge on any atom is 0.161 e. The van der Waals surface area contributed by atoms with E-state index in [4.69, 9.17) is 9.47 Å². The quantitative estimate of drug-likeness (QED) is 0.824. The van der Waals surface area contributed by atoms with Crippen LogP contribution in [0.1, 0.15) is 11.1 Å². The number of benzene rings is 2. The van der Waals surface area contributed by atoms with E-state index in [0.29, 0.717) is 11.5 Å². The molecule has 0 N–H and O–H groups in total. The highest BCUT2D eigenvalue weighted by Crippen LogP contribution is 2.37. The Balaban J connectivity index is 2.48. The SMILES string of the molecule is C=C(c1ccccc1)c1cc(OC)c(OC)cc1Br. The average molecular weight is 319 g/mol. The summed E-state index contributed by atoms with van der Waals surface area (Å²) in [6, 6.07) is 13.9. The predicted octanol–water partition coefficient (Wildman–Crippen LogP) is 4.53. The molecule has 0 saturated heterocycles. The van der Waals surface area contributed by atoms with Gasteiger partial charge in [-0.3, -0.25) is 0 Å². The molecule has 0 aliphatic heterocycles. The molecule has 0 fully saturated rings. The van der Waals surface area contributed by atoms with E-state index in [9.17, 15) is 0 Å². The van der Waals surface area contributed by atoms with Crippen molar-refractivity contribution in [2.45, 2.75) is 0 Å². The fourth-order valence-corrected chi connectivity index (χ4v) is 2.44. The van der Waals surface area contributed by atoms with Crippen LogP contribution < -0.4 is 9.47 Å². The number of rotatable bonds is 4. The maximum absolute atomic E-state index is 5.33. The van der Waals surface area contributed by atoms with E-state index >= 15 is 0 Å². The molecule has 0 atom stereocenters. The van der Waals surface area contributed by atoms with Crippen LogP contribution in [0.2, 0.25) is 0 Å². The number of halogens is 1. The first-order valence-corrected chi connectivity index (χ1v) is 6.63. The van der Waals surface area contributed by atoms with E-state index < -0.39 is 0 Å². The highest BCUT2D eigenvalue weighted by atomic mass is 79.9. The molecule has 0 aliphatic rings. The minimum atomic E-state index is 0.692. The van der Waals surface area contributed by atoms with Crippen LogP contribution in [0.5, 0.6) is 11.5 Å². The summed E-state index contributed by atoms with van der Waals surface area (Å²) in [7, 11) is 3.25. The monoisotopic (exact) mass is 318 g/mol. The second-order valence-electron chi connectivity index (χ2n) is 4.03. The minimum Gasteiger partial charge on any atom is -0.493 e. The summed E-state index contributed by atoms with van der Waals surface area (Å²) < 4.78 is 11.5. The van der Waals surface area contributed by atoms with Gasteiger partial charge in [-0.05, 0) is 28.8 Å². The van der Waals surface area contributed by atoms with Gasteiger partial charge in [-0.15, -0.1) is 0 Å². The third kappa shape index (κ3) is 2.82. The normalized spacial score (nSPS) is 10.1. The second kappa shape index (κ2) is 5.93. The summed E-state index contributed by atoms with van der Waals surface area (Å²) in [4.78, 5) is 0. The highest BCUT2D eigenvalue weighted by Gasteiger charge is 2.12. The van der Waals surface area contributed by atoms with Crippen molar-refractivity contribution in [3.63, 3.8) is 0 Å². The average Bonchev–Trinajstić information content (AvgIpc) is 2.47. The molecule has 98 valence electrons. The fourth-order valence-electron chi connectivity index (χ4n) is 1.88. The summed E-state index contributed by atoms with van der Waals surface area (Å²) in [5.41, 5.74) is 3.01. The molecular weight excluding hydrogens is 304 g/mol. The van der Waals surface area contributed by atoms with E-state index in [-0.39, 0.29) is 0 Å². The molecule has 19 heavy (non-hydrogen) atoms. The van der Waals surface area contributed by atoms with Gasteiger partial charge in [-0.25, -0.2) is 0 Å². The maximum atomic E-state index is 5.33. The summed E-state index contributed by atoms with van der Waals surface area (Å²) in [5.74, 6) is 1.39. The molecule has 3 heteroatoms. The molecule has 0 bridgehead atoms.